The molecule has 11 heteroatoms. The second kappa shape index (κ2) is 13.6. The van der Waals surface area contributed by atoms with Crippen molar-refractivity contribution in [2.45, 2.75) is 58.4 Å². The molecule has 0 unspecified atom stereocenters. The molecular weight excluding hydrogens is 547 g/mol. The normalized spacial score (nSPS) is 15.0. The van der Waals surface area contributed by atoms with E-state index >= 15 is 0 Å². The van der Waals surface area contributed by atoms with Gasteiger partial charge in [-0.05, 0) is 81.1 Å². The minimum absolute atomic E-state index is 0.141. The number of aromatic nitrogens is 2. The van der Waals surface area contributed by atoms with Crippen molar-refractivity contribution in [3.63, 3.8) is 0 Å². The van der Waals surface area contributed by atoms with Crippen molar-refractivity contribution >= 4 is 30.0 Å². The van der Waals surface area contributed by atoms with Crippen molar-refractivity contribution in [1.82, 2.24) is 19.8 Å². The van der Waals surface area contributed by atoms with E-state index < -0.39 is 17.6 Å². The van der Waals surface area contributed by atoms with Gasteiger partial charge in [-0.15, -0.1) is 0 Å². The van der Waals surface area contributed by atoms with Gasteiger partial charge in [-0.2, -0.15) is 13.2 Å². The monoisotopic (exact) mass is 581 g/mol. The molecule has 0 saturated carbocycles. The van der Waals surface area contributed by atoms with E-state index in [0.29, 0.717) is 36.0 Å². The number of carbonyl (C=O) groups is 2. The van der Waals surface area contributed by atoms with Crippen LogP contribution in [0.4, 0.5) is 24.7 Å². The van der Waals surface area contributed by atoms with Gasteiger partial charge in [0.2, 0.25) is 0 Å². The summed E-state index contributed by atoms with van der Waals surface area (Å²) in [7, 11) is 0. The van der Waals surface area contributed by atoms with Gasteiger partial charge in [0.25, 0.3) is 12.4 Å². The van der Waals surface area contributed by atoms with Gasteiger partial charge >= 0.3 is 6.18 Å². The number of halogens is 3. The van der Waals surface area contributed by atoms with Gasteiger partial charge < -0.3 is 19.9 Å². The fourth-order valence-corrected chi connectivity index (χ4v) is 4.90. The first kappa shape index (κ1) is 30.7. The third-order valence-electron chi connectivity index (χ3n) is 7.27. The highest BCUT2D eigenvalue weighted by molar-refractivity contribution is 5.97. The molecule has 2 aromatic heterocycles. The van der Waals surface area contributed by atoms with E-state index in [9.17, 15) is 22.8 Å². The van der Waals surface area contributed by atoms with Crippen molar-refractivity contribution in [1.29, 1.82) is 0 Å². The number of hydrogen-bond acceptors (Lipinski definition) is 7. The predicted octanol–water partition coefficient (Wildman–Crippen LogP) is 5.96. The van der Waals surface area contributed by atoms with E-state index in [4.69, 9.17) is 9.72 Å². The first-order chi connectivity index (χ1) is 20.0. The molecule has 1 aliphatic heterocycles. The average molecular weight is 582 g/mol. The molecule has 3 aromatic rings. The van der Waals surface area contributed by atoms with Crippen molar-refractivity contribution in [2.75, 3.05) is 18.4 Å². The number of alkyl halides is 3. The molecule has 4 rings (SSSR count). The van der Waals surface area contributed by atoms with Crippen LogP contribution in [0.3, 0.4) is 0 Å². The molecule has 1 fully saturated rings. The summed E-state index contributed by atoms with van der Waals surface area (Å²) in [5.74, 6) is -0.235. The van der Waals surface area contributed by atoms with E-state index in [2.05, 4.69) is 29.0 Å². The maximum atomic E-state index is 13.9. The molecule has 1 aliphatic rings. The summed E-state index contributed by atoms with van der Waals surface area (Å²) in [5.41, 5.74) is 1.89. The number of anilines is 2. The molecule has 8 nitrogen and oxygen atoms in total. The first-order valence-electron chi connectivity index (χ1n) is 13.7. The summed E-state index contributed by atoms with van der Waals surface area (Å²) < 4.78 is 44.2. The van der Waals surface area contributed by atoms with Crippen molar-refractivity contribution in [2.24, 2.45) is 0 Å². The number of likely N-dealkylation sites (tertiary alicyclic amines) is 1. The Hall–Kier alpha value is -4.25. The Bertz CT molecular complexity index is 1400. The van der Waals surface area contributed by atoms with Crippen LogP contribution in [0.2, 0.25) is 0 Å². The summed E-state index contributed by atoms with van der Waals surface area (Å²) in [6, 6.07) is 11.8. The third kappa shape index (κ3) is 7.94. The number of piperidine rings is 1. The zero-order valence-electron chi connectivity index (χ0n) is 23.8. The van der Waals surface area contributed by atoms with Crippen LogP contribution < -0.4 is 5.32 Å². The number of aryl methyl sites for hydroxylation is 1. The highest BCUT2D eigenvalue weighted by atomic mass is 19.4. The molecule has 0 bridgehead atoms. The second-order valence-electron chi connectivity index (χ2n) is 10.5. The van der Waals surface area contributed by atoms with Gasteiger partial charge in [-0.25, -0.2) is 4.98 Å². The molecule has 0 radical (unpaired) electrons. The number of nitrogens with zero attached hydrogens (tertiary/aromatic N) is 4. The van der Waals surface area contributed by atoms with Crippen LogP contribution >= 0.6 is 0 Å². The van der Waals surface area contributed by atoms with Gasteiger partial charge in [-0.3, -0.25) is 14.6 Å². The molecule has 222 valence electrons. The number of pyridine rings is 2. The first-order valence-corrected chi connectivity index (χ1v) is 13.7. The Labute approximate surface area is 243 Å². The van der Waals surface area contributed by atoms with E-state index in [0.717, 1.165) is 36.5 Å². The van der Waals surface area contributed by atoms with Gasteiger partial charge in [0.05, 0.1) is 17.8 Å². The molecule has 42 heavy (non-hydrogen) atoms. The number of nitrogens with one attached hydrogen (secondary N) is 1. The number of carbonyl (C=O) groups excluding carboxylic acids is 2. The number of rotatable bonds is 10. The maximum Gasteiger partial charge on any atom is 0.416 e. The van der Waals surface area contributed by atoms with Crippen LogP contribution in [-0.2, 0) is 27.0 Å². The molecule has 0 atom stereocenters. The lowest BCUT2D eigenvalue weighted by molar-refractivity contribution is -0.139. The Morgan fingerprint density at radius 2 is 1.86 bits per heavy atom. The van der Waals surface area contributed by atoms with Crippen LogP contribution in [-0.4, -0.2) is 57.3 Å². The fourth-order valence-electron chi connectivity index (χ4n) is 4.90. The molecule has 0 aliphatic carbocycles. The van der Waals surface area contributed by atoms with E-state index in [1.54, 1.807) is 17.3 Å². The Balaban J connectivity index is 1.63. The number of hydrogen-bond donors (Lipinski definition) is 1. The fraction of sp³-hybridized carbons (Fsp3) is 0.355. The van der Waals surface area contributed by atoms with Crippen LogP contribution in [0, 0.1) is 6.92 Å². The minimum Gasteiger partial charge on any atom is -0.423 e. The minimum atomic E-state index is -4.49. The lowest BCUT2D eigenvalue weighted by Gasteiger charge is -2.40. The van der Waals surface area contributed by atoms with Gasteiger partial charge in [0, 0.05) is 43.3 Å². The smallest absolute Gasteiger partial charge is 0.416 e. The van der Waals surface area contributed by atoms with Crippen LogP contribution in [0.15, 0.2) is 66.7 Å². The lowest BCUT2D eigenvalue weighted by atomic mass is 10.0. The summed E-state index contributed by atoms with van der Waals surface area (Å²) >= 11 is 0. The molecule has 1 N–H and O–H groups in total. The number of ether oxygens (including phenoxy) is 1. The Morgan fingerprint density at radius 1 is 1.14 bits per heavy atom. The SMILES string of the molecule is Cc1cnccc1Nc1cccc(CN(C(=O)/C(=C\c2ccc(C(F)(F)F)cc2)OC=O)C2CCN(C(C)C)CC2)n1. The largest absolute Gasteiger partial charge is 0.423 e. The predicted molar refractivity (Wildman–Crippen MR) is 153 cm³/mol. The highest BCUT2D eigenvalue weighted by Crippen LogP contribution is 2.30. The van der Waals surface area contributed by atoms with Gasteiger partial charge in [0.15, 0.2) is 5.76 Å². The summed E-state index contributed by atoms with van der Waals surface area (Å²) in [4.78, 5) is 38.1. The highest BCUT2D eigenvalue weighted by Gasteiger charge is 2.32. The summed E-state index contributed by atoms with van der Waals surface area (Å²) in [6.07, 6.45) is 1.62. The van der Waals surface area contributed by atoms with Gasteiger partial charge in [0.1, 0.15) is 5.82 Å². The lowest BCUT2D eigenvalue weighted by Crippen LogP contribution is -2.49. The van der Waals surface area contributed by atoms with Crippen molar-refractivity contribution < 1.29 is 27.5 Å². The topological polar surface area (TPSA) is 87.7 Å². The molecular formula is C31H34F3N5O3. The van der Waals surface area contributed by atoms with Crippen molar-refractivity contribution in [3.05, 3.63) is 89.1 Å². The van der Waals surface area contributed by atoms with Gasteiger partial charge in [-0.1, -0.05) is 18.2 Å². The summed E-state index contributed by atoms with van der Waals surface area (Å²) in [6.45, 7) is 8.04. The van der Waals surface area contributed by atoms with E-state index in [1.807, 2.05) is 31.2 Å². The zero-order chi connectivity index (χ0) is 30.3. The van der Waals surface area contributed by atoms with Crippen LogP contribution in [0.1, 0.15) is 49.1 Å². The molecule has 0 spiro atoms. The third-order valence-corrected chi connectivity index (χ3v) is 7.27. The molecule has 1 saturated heterocycles. The maximum absolute atomic E-state index is 13.9. The molecule has 1 aromatic carbocycles. The molecule has 3 heterocycles. The standard InChI is InChI=1S/C31H34F3N5O3/c1-21(2)38-15-12-26(13-16-38)39(19-25-5-4-6-29(36-25)37-27-11-14-35-18-22(27)3)30(41)28(42-20-40)17-23-7-9-24(10-8-23)31(32,33)34/h4-11,14,17-18,20-21,26H,12-13,15-16,19H2,1-3H3,(H,35,36,37)/b28-17+. The van der Waals surface area contributed by atoms with E-state index in [-0.39, 0.29) is 24.8 Å². The second-order valence-corrected chi connectivity index (χ2v) is 10.5. The molecule has 1 amide bonds. The number of amides is 1. The number of benzene rings is 1. The quantitative estimate of drug-likeness (QED) is 0.180. The zero-order valence-corrected chi connectivity index (χ0v) is 23.8. The average Bonchev–Trinajstić information content (AvgIpc) is 2.97. The summed E-state index contributed by atoms with van der Waals surface area (Å²) in [5, 5.41) is 3.28. The Kier molecular flexibility index (Phi) is 9.95. The van der Waals surface area contributed by atoms with Crippen LogP contribution in [0.5, 0.6) is 0 Å². The Morgan fingerprint density at radius 3 is 2.48 bits per heavy atom. The van der Waals surface area contributed by atoms with Crippen LogP contribution in [0.25, 0.3) is 6.08 Å². The van der Waals surface area contributed by atoms with Crippen molar-refractivity contribution in [3.8, 4) is 0 Å². The van der Waals surface area contributed by atoms with E-state index in [1.165, 1.54) is 18.2 Å².